The molecule has 5 N–H and O–H groups in total. The van der Waals surface area contributed by atoms with Gasteiger partial charge in [0.2, 0.25) is 0 Å². The SMILES string of the molecule is Cc1cc(CN2CCCC(N)C2)oc1C(=O)NN. The van der Waals surface area contributed by atoms with Gasteiger partial charge in [-0.3, -0.25) is 15.1 Å². The van der Waals surface area contributed by atoms with Gasteiger partial charge < -0.3 is 10.2 Å². The third-order valence-corrected chi connectivity index (χ3v) is 3.23. The number of furan rings is 1. The van der Waals surface area contributed by atoms with Crippen molar-refractivity contribution in [3.63, 3.8) is 0 Å². The number of hydrazine groups is 1. The molecule has 0 spiro atoms. The van der Waals surface area contributed by atoms with E-state index < -0.39 is 5.91 Å². The van der Waals surface area contributed by atoms with Crippen LogP contribution in [0.3, 0.4) is 0 Å². The first kappa shape index (κ1) is 13.1. The molecule has 0 saturated carbocycles. The molecule has 1 saturated heterocycles. The lowest BCUT2D eigenvalue weighted by molar-refractivity contribution is 0.0920. The highest BCUT2D eigenvalue weighted by atomic mass is 16.4. The molecule has 1 aromatic heterocycles. The van der Waals surface area contributed by atoms with Crippen molar-refractivity contribution in [2.75, 3.05) is 13.1 Å². The summed E-state index contributed by atoms with van der Waals surface area (Å²) in [6.45, 7) is 4.41. The van der Waals surface area contributed by atoms with E-state index in [9.17, 15) is 4.79 Å². The molecule has 1 fully saturated rings. The number of nitrogens with zero attached hydrogens (tertiary/aromatic N) is 1. The van der Waals surface area contributed by atoms with Gasteiger partial charge in [-0.25, -0.2) is 5.84 Å². The van der Waals surface area contributed by atoms with Gasteiger partial charge in [-0.1, -0.05) is 0 Å². The highest BCUT2D eigenvalue weighted by Gasteiger charge is 2.20. The lowest BCUT2D eigenvalue weighted by Crippen LogP contribution is -2.42. The Bertz CT molecular complexity index is 430. The van der Waals surface area contributed by atoms with E-state index >= 15 is 0 Å². The molecule has 100 valence electrons. The maximum absolute atomic E-state index is 11.4. The lowest BCUT2D eigenvalue weighted by atomic mass is 10.1. The number of piperidine rings is 1. The third kappa shape index (κ3) is 2.90. The molecule has 0 aliphatic carbocycles. The van der Waals surface area contributed by atoms with Crippen molar-refractivity contribution in [3.8, 4) is 0 Å². The van der Waals surface area contributed by atoms with Crippen LogP contribution in [0, 0.1) is 6.92 Å². The van der Waals surface area contributed by atoms with Crippen molar-refractivity contribution in [1.82, 2.24) is 10.3 Å². The van der Waals surface area contributed by atoms with Crippen LogP contribution in [-0.4, -0.2) is 29.9 Å². The second-order valence-corrected chi connectivity index (χ2v) is 4.84. The number of nitrogens with one attached hydrogen (secondary N) is 1. The summed E-state index contributed by atoms with van der Waals surface area (Å²) < 4.78 is 5.53. The van der Waals surface area contributed by atoms with E-state index in [0.29, 0.717) is 6.54 Å². The molecule has 1 aliphatic rings. The van der Waals surface area contributed by atoms with Crippen LogP contribution in [0.4, 0.5) is 0 Å². The molecule has 1 aliphatic heterocycles. The lowest BCUT2D eigenvalue weighted by Gasteiger charge is -2.29. The Morgan fingerprint density at radius 3 is 3.11 bits per heavy atom. The van der Waals surface area contributed by atoms with Crippen LogP contribution in [0.2, 0.25) is 0 Å². The minimum atomic E-state index is -0.394. The van der Waals surface area contributed by atoms with E-state index in [2.05, 4.69) is 10.3 Å². The summed E-state index contributed by atoms with van der Waals surface area (Å²) in [7, 11) is 0. The number of likely N-dealkylation sites (tertiary alicyclic amines) is 1. The van der Waals surface area contributed by atoms with E-state index in [-0.39, 0.29) is 11.8 Å². The van der Waals surface area contributed by atoms with Crippen LogP contribution >= 0.6 is 0 Å². The summed E-state index contributed by atoms with van der Waals surface area (Å²) in [6, 6.07) is 2.12. The molecule has 1 aromatic rings. The average Bonchev–Trinajstić information content (AvgIpc) is 2.69. The van der Waals surface area contributed by atoms with Crippen molar-refractivity contribution >= 4 is 5.91 Å². The minimum Gasteiger partial charge on any atom is -0.454 e. The zero-order valence-electron chi connectivity index (χ0n) is 10.6. The van der Waals surface area contributed by atoms with E-state index in [0.717, 1.165) is 37.3 Å². The summed E-state index contributed by atoms with van der Waals surface area (Å²) in [5, 5.41) is 0. The first-order valence-electron chi connectivity index (χ1n) is 6.18. The minimum absolute atomic E-state index is 0.238. The first-order chi connectivity index (χ1) is 8.60. The normalized spacial score (nSPS) is 20.9. The number of aryl methyl sites for hydroxylation is 1. The van der Waals surface area contributed by atoms with Crippen molar-refractivity contribution in [1.29, 1.82) is 0 Å². The van der Waals surface area contributed by atoms with Gasteiger partial charge in [0.15, 0.2) is 5.76 Å². The molecule has 0 bridgehead atoms. The second kappa shape index (κ2) is 5.51. The number of carbonyl (C=O) groups excluding carboxylic acids is 1. The van der Waals surface area contributed by atoms with Crippen LogP contribution in [0.15, 0.2) is 10.5 Å². The Hall–Kier alpha value is -1.37. The molecule has 1 atom stereocenters. The average molecular weight is 252 g/mol. The largest absolute Gasteiger partial charge is 0.454 e. The summed E-state index contributed by atoms with van der Waals surface area (Å²) in [6.07, 6.45) is 2.19. The van der Waals surface area contributed by atoms with Crippen LogP contribution in [0.25, 0.3) is 0 Å². The Balaban J connectivity index is 2.03. The van der Waals surface area contributed by atoms with Crippen molar-refractivity contribution in [2.24, 2.45) is 11.6 Å². The summed E-state index contributed by atoms with van der Waals surface area (Å²) in [5.74, 6) is 5.77. The highest BCUT2D eigenvalue weighted by molar-refractivity contribution is 5.92. The van der Waals surface area contributed by atoms with Gasteiger partial charge >= 0.3 is 5.91 Å². The Morgan fingerprint density at radius 1 is 1.67 bits per heavy atom. The Labute approximate surface area is 106 Å². The van der Waals surface area contributed by atoms with Gasteiger partial charge in [-0.2, -0.15) is 0 Å². The molecular weight excluding hydrogens is 232 g/mol. The number of amides is 1. The fraction of sp³-hybridized carbons (Fsp3) is 0.583. The zero-order valence-corrected chi connectivity index (χ0v) is 10.6. The fourth-order valence-electron chi connectivity index (χ4n) is 2.37. The summed E-state index contributed by atoms with van der Waals surface area (Å²) >= 11 is 0. The third-order valence-electron chi connectivity index (χ3n) is 3.23. The smallest absolute Gasteiger partial charge is 0.301 e. The molecular formula is C12H20N4O2. The number of nitrogen functional groups attached to an aromatic ring is 1. The van der Waals surface area contributed by atoms with Gasteiger partial charge in [-0.15, -0.1) is 0 Å². The Kier molecular flexibility index (Phi) is 4.00. The molecule has 2 heterocycles. The van der Waals surface area contributed by atoms with Gasteiger partial charge in [0, 0.05) is 18.2 Å². The Morgan fingerprint density at radius 2 is 2.44 bits per heavy atom. The monoisotopic (exact) mass is 252 g/mol. The van der Waals surface area contributed by atoms with Crippen LogP contribution < -0.4 is 17.0 Å². The van der Waals surface area contributed by atoms with Crippen molar-refractivity contribution in [2.45, 2.75) is 32.4 Å². The van der Waals surface area contributed by atoms with Gasteiger partial charge in [0.25, 0.3) is 0 Å². The predicted molar refractivity (Wildman–Crippen MR) is 67.6 cm³/mol. The van der Waals surface area contributed by atoms with Crippen LogP contribution in [0.1, 0.15) is 34.7 Å². The predicted octanol–water partition coefficient (Wildman–Crippen LogP) is 0.115. The number of hydrogen-bond acceptors (Lipinski definition) is 5. The van der Waals surface area contributed by atoms with E-state index in [1.807, 2.05) is 13.0 Å². The number of hydrogen-bond donors (Lipinski definition) is 3. The molecule has 18 heavy (non-hydrogen) atoms. The van der Waals surface area contributed by atoms with Gasteiger partial charge in [-0.05, 0) is 32.4 Å². The molecule has 1 unspecified atom stereocenters. The van der Waals surface area contributed by atoms with E-state index in [1.165, 1.54) is 0 Å². The van der Waals surface area contributed by atoms with E-state index in [4.69, 9.17) is 16.0 Å². The standard InChI is InChI=1S/C12H20N4O2/c1-8-5-10(18-11(8)12(17)15-14)7-16-4-2-3-9(13)6-16/h5,9H,2-4,6-7,13-14H2,1H3,(H,15,17). The van der Waals surface area contributed by atoms with Gasteiger partial charge in [0.05, 0.1) is 6.54 Å². The molecule has 0 aromatic carbocycles. The maximum atomic E-state index is 11.4. The quantitative estimate of drug-likeness (QED) is 0.403. The topological polar surface area (TPSA) is 97.5 Å². The first-order valence-corrected chi connectivity index (χ1v) is 6.18. The maximum Gasteiger partial charge on any atom is 0.301 e. The number of nitrogens with two attached hydrogens (primary N) is 2. The van der Waals surface area contributed by atoms with Crippen LogP contribution in [0.5, 0.6) is 0 Å². The number of rotatable bonds is 3. The fourth-order valence-corrected chi connectivity index (χ4v) is 2.37. The summed E-state index contributed by atoms with van der Waals surface area (Å²) in [4.78, 5) is 13.7. The second-order valence-electron chi connectivity index (χ2n) is 4.84. The molecule has 2 rings (SSSR count). The molecule has 1 amide bonds. The molecule has 6 heteroatoms. The van der Waals surface area contributed by atoms with Crippen LogP contribution in [-0.2, 0) is 6.54 Å². The summed E-state index contributed by atoms with van der Waals surface area (Å²) in [5.41, 5.74) is 8.81. The zero-order chi connectivity index (χ0) is 13.1. The van der Waals surface area contributed by atoms with E-state index in [1.54, 1.807) is 0 Å². The van der Waals surface area contributed by atoms with Gasteiger partial charge in [0.1, 0.15) is 5.76 Å². The molecule has 6 nitrogen and oxygen atoms in total. The molecule has 0 radical (unpaired) electrons. The number of carbonyl (C=O) groups is 1. The highest BCUT2D eigenvalue weighted by Crippen LogP contribution is 2.18. The van der Waals surface area contributed by atoms with Crippen molar-refractivity contribution < 1.29 is 9.21 Å². The van der Waals surface area contributed by atoms with Crippen molar-refractivity contribution in [3.05, 3.63) is 23.2 Å².